The number of carbonyl (C=O) groups excluding carboxylic acids is 2. The van der Waals surface area contributed by atoms with Crippen LogP contribution in [0.2, 0.25) is 0 Å². The van der Waals surface area contributed by atoms with Crippen molar-refractivity contribution in [2.24, 2.45) is 0 Å². The first-order valence-electron chi connectivity index (χ1n) is 22.3. The summed E-state index contributed by atoms with van der Waals surface area (Å²) in [6.45, 7) is 16.7. The largest absolute Gasteiger partial charge is 0.493 e. The van der Waals surface area contributed by atoms with Crippen LogP contribution in [0.4, 0.5) is 0 Å². The Morgan fingerprint density at radius 1 is 0.641 bits per heavy atom. The minimum atomic E-state index is -0.645. The summed E-state index contributed by atoms with van der Waals surface area (Å²) in [5, 5.41) is 3.52. The summed E-state index contributed by atoms with van der Waals surface area (Å²) >= 11 is 0. The van der Waals surface area contributed by atoms with E-state index < -0.39 is 12.2 Å². The highest BCUT2D eigenvalue weighted by atomic mass is 16.6. The molecular formula is C52H62N2O10. The van der Waals surface area contributed by atoms with E-state index in [9.17, 15) is 9.59 Å². The lowest BCUT2D eigenvalue weighted by Gasteiger charge is -2.18. The molecule has 0 amide bonds. The Morgan fingerprint density at radius 2 is 1.11 bits per heavy atom. The molecular weight excluding hydrogens is 813 g/mol. The van der Waals surface area contributed by atoms with Gasteiger partial charge in [-0.2, -0.15) is 0 Å². The van der Waals surface area contributed by atoms with Crippen LogP contribution >= 0.6 is 0 Å². The van der Waals surface area contributed by atoms with Gasteiger partial charge in [0, 0.05) is 50.0 Å². The Balaban J connectivity index is 0.942. The van der Waals surface area contributed by atoms with Gasteiger partial charge in [0.05, 0.1) is 36.8 Å². The smallest absolute Gasteiger partial charge is 0.335 e. The second kappa shape index (κ2) is 23.0. The summed E-state index contributed by atoms with van der Waals surface area (Å²) in [4.78, 5) is 29.7. The number of benzene rings is 4. The number of hydrogen-bond acceptors (Lipinski definition) is 12. The molecule has 0 aliphatic carbocycles. The monoisotopic (exact) mass is 874 g/mol. The van der Waals surface area contributed by atoms with Gasteiger partial charge in [0.1, 0.15) is 23.0 Å². The molecule has 4 aromatic carbocycles. The van der Waals surface area contributed by atoms with Crippen LogP contribution in [0.3, 0.4) is 0 Å². The van der Waals surface area contributed by atoms with Gasteiger partial charge >= 0.3 is 11.9 Å². The van der Waals surface area contributed by atoms with Crippen molar-refractivity contribution in [2.75, 3.05) is 26.4 Å². The lowest BCUT2D eigenvalue weighted by molar-refractivity contribution is -0.161. The minimum Gasteiger partial charge on any atom is -0.493 e. The van der Waals surface area contributed by atoms with Crippen LogP contribution in [0.1, 0.15) is 89.3 Å². The maximum absolute atomic E-state index is 12.4. The summed E-state index contributed by atoms with van der Waals surface area (Å²) < 4.78 is 46.4. The molecule has 0 fully saturated rings. The van der Waals surface area contributed by atoms with Gasteiger partial charge in [-0.3, -0.25) is 0 Å². The number of hydrogen-bond donors (Lipinski definition) is 1. The molecule has 0 spiro atoms. The normalized spacial score (nSPS) is 14.6. The third-order valence-electron chi connectivity index (χ3n) is 10.5. The lowest BCUT2D eigenvalue weighted by Crippen LogP contribution is -2.30. The predicted molar refractivity (Wildman–Crippen MR) is 245 cm³/mol. The van der Waals surface area contributed by atoms with Crippen LogP contribution in [-0.2, 0) is 52.5 Å². The summed E-state index contributed by atoms with van der Waals surface area (Å²) in [6, 6.07) is 32.0. The van der Waals surface area contributed by atoms with E-state index in [4.69, 9.17) is 42.6 Å². The number of esters is 2. The average molecular weight is 875 g/mol. The highest BCUT2D eigenvalue weighted by Gasteiger charge is 2.25. The summed E-state index contributed by atoms with van der Waals surface area (Å²) in [6.07, 6.45) is 0.148. The quantitative estimate of drug-likeness (QED) is 0.0626. The first kappa shape index (κ1) is 47.4. The SMILES string of the molecule is CCOC(Cc1ccc(OCCC2=C(C)OC(c3ccc(-c4ccc(-c5nc(CCOc6ccc(CC(OCC)C(=O)OC(C)C)cc6)c(C)o5)cc4)cc3)N2)cc1)C(=O)OC(C)C. The van der Waals surface area contributed by atoms with E-state index in [1.807, 2.05) is 116 Å². The zero-order chi connectivity index (χ0) is 45.6. The molecule has 12 heteroatoms. The van der Waals surface area contributed by atoms with Gasteiger partial charge in [-0.05, 0) is 114 Å². The molecule has 1 aromatic heterocycles. The molecule has 340 valence electrons. The van der Waals surface area contributed by atoms with Gasteiger partial charge in [-0.15, -0.1) is 0 Å². The van der Waals surface area contributed by atoms with Crippen LogP contribution < -0.4 is 14.8 Å². The van der Waals surface area contributed by atoms with E-state index in [0.29, 0.717) is 58.0 Å². The van der Waals surface area contributed by atoms with E-state index in [2.05, 4.69) is 41.7 Å². The van der Waals surface area contributed by atoms with Gasteiger partial charge in [0.15, 0.2) is 18.4 Å². The van der Waals surface area contributed by atoms with Crippen molar-refractivity contribution in [3.63, 3.8) is 0 Å². The highest BCUT2D eigenvalue weighted by molar-refractivity contribution is 5.76. The van der Waals surface area contributed by atoms with E-state index in [1.165, 1.54) is 0 Å². The van der Waals surface area contributed by atoms with Gasteiger partial charge in [-0.25, -0.2) is 14.6 Å². The molecule has 3 atom stereocenters. The van der Waals surface area contributed by atoms with Crippen molar-refractivity contribution in [1.29, 1.82) is 0 Å². The van der Waals surface area contributed by atoms with Crippen molar-refractivity contribution < 1.29 is 47.2 Å². The molecule has 6 rings (SSSR count). The number of ether oxygens (including phenoxy) is 7. The molecule has 1 aliphatic heterocycles. The lowest BCUT2D eigenvalue weighted by atomic mass is 10.0. The summed E-state index contributed by atoms with van der Waals surface area (Å²) in [5.41, 5.74) is 7.85. The zero-order valence-electron chi connectivity index (χ0n) is 38.3. The van der Waals surface area contributed by atoms with Gasteiger partial charge in [-0.1, -0.05) is 60.7 Å². The van der Waals surface area contributed by atoms with E-state index in [0.717, 1.165) is 67.8 Å². The molecule has 0 saturated heterocycles. The minimum absolute atomic E-state index is 0.195. The predicted octanol–water partition coefficient (Wildman–Crippen LogP) is 10.1. The second-order valence-corrected chi connectivity index (χ2v) is 16.2. The number of nitrogens with zero attached hydrogens (tertiary/aromatic N) is 1. The Morgan fingerprint density at radius 3 is 1.59 bits per heavy atom. The molecule has 12 nitrogen and oxygen atoms in total. The Kier molecular flexibility index (Phi) is 17.0. The fourth-order valence-corrected chi connectivity index (χ4v) is 7.22. The van der Waals surface area contributed by atoms with Crippen molar-refractivity contribution in [1.82, 2.24) is 10.3 Å². The highest BCUT2D eigenvalue weighted by Crippen LogP contribution is 2.31. The maximum atomic E-state index is 12.4. The van der Waals surface area contributed by atoms with Crippen LogP contribution in [0, 0.1) is 6.92 Å². The third kappa shape index (κ3) is 13.5. The van der Waals surface area contributed by atoms with Crippen molar-refractivity contribution in [3.8, 4) is 34.1 Å². The molecule has 0 saturated carbocycles. The van der Waals surface area contributed by atoms with Gasteiger partial charge in [0.2, 0.25) is 5.89 Å². The Bertz CT molecular complexity index is 2280. The van der Waals surface area contributed by atoms with E-state index in [-0.39, 0.29) is 30.4 Å². The van der Waals surface area contributed by atoms with Crippen LogP contribution in [0.25, 0.3) is 22.6 Å². The number of nitrogens with one attached hydrogen (secondary N) is 1. The number of allylic oxidation sites excluding steroid dienone is 1. The molecule has 2 heterocycles. The number of aryl methyl sites for hydroxylation is 1. The summed E-state index contributed by atoms with van der Waals surface area (Å²) in [5.74, 6) is 2.95. The first-order valence-corrected chi connectivity index (χ1v) is 22.3. The molecule has 0 bridgehead atoms. The second-order valence-electron chi connectivity index (χ2n) is 16.2. The van der Waals surface area contributed by atoms with Crippen LogP contribution in [0.15, 0.2) is 113 Å². The summed E-state index contributed by atoms with van der Waals surface area (Å²) in [7, 11) is 0. The number of rotatable bonds is 23. The Labute approximate surface area is 377 Å². The fraction of sp³-hybridized carbons (Fsp3) is 0.404. The van der Waals surface area contributed by atoms with Crippen molar-refractivity contribution >= 4 is 11.9 Å². The molecule has 1 aliphatic rings. The molecule has 0 radical (unpaired) electrons. The molecule has 3 unspecified atom stereocenters. The number of aromatic nitrogens is 1. The van der Waals surface area contributed by atoms with Gasteiger partial charge in [0.25, 0.3) is 0 Å². The maximum Gasteiger partial charge on any atom is 0.335 e. The van der Waals surface area contributed by atoms with Crippen LogP contribution in [0.5, 0.6) is 11.5 Å². The molecule has 5 aromatic rings. The van der Waals surface area contributed by atoms with Crippen molar-refractivity contribution in [2.45, 2.75) is 112 Å². The Hall–Kier alpha value is -6.11. The molecule has 1 N–H and O–H groups in total. The van der Waals surface area contributed by atoms with Crippen LogP contribution in [-0.4, -0.2) is 67.8 Å². The fourth-order valence-electron chi connectivity index (χ4n) is 7.22. The topological polar surface area (TPSA) is 137 Å². The van der Waals surface area contributed by atoms with Crippen molar-refractivity contribution in [3.05, 3.63) is 137 Å². The number of oxazole rings is 1. The zero-order valence-corrected chi connectivity index (χ0v) is 38.3. The number of carbonyl (C=O) groups is 2. The molecule has 64 heavy (non-hydrogen) atoms. The average Bonchev–Trinajstić information content (AvgIpc) is 3.84. The van der Waals surface area contributed by atoms with Gasteiger partial charge < -0.3 is 42.9 Å². The standard InChI is InChI=1S/C52H62N2O10/c1-9-57-47(51(55)61-33(3)4)31-37-11-23-43(24-12-37)59-29-27-45-35(7)63-49(53-45)41-19-15-39(16-20-41)40-17-21-42(22-18-40)50-54-46(36(8)64-50)28-30-60-44-25-13-38(14-26-44)32-48(58-10-2)52(56)62-34(5)6/h11-26,33-34,47-49,53H,9-10,27-32H2,1-8H3. The van der Waals surface area contributed by atoms with E-state index >= 15 is 0 Å². The third-order valence-corrected chi connectivity index (χ3v) is 10.5. The van der Waals surface area contributed by atoms with E-state index in [1.54, 1.807) is 0 Å². The first-order chi connectivity index (χ1) is 30.9.